The summed E-state index contributed by atoms with van der Waals surface area (Å²) in [5.41, 5.74) is 0.598. The highest BCUT2D eigenvalue weighted by molar-refractivity contribution is 6.36. The standard InChI is InChI=1S/C14H10Cl2FNO.C13H17NO3/c15-11-5-3-6-12(16)10(11)8-18-14(19)9-4-1-2-7-13(9)17;1-2-10(7-14-5-1)8-15-11-3-4-12-13(6-11)17-9-16-12/h1-7H,8H2,(H,18,19);3-4,6,10,14H,1-2,5,7-9H2. The van der Waals surface area contributed by atoms with Crippen molar-refractivity contribution in [2.75, 3.05) is 26.5 Å². The highest BCUT2D eigenvalue weighted by Gasteiger charge is 2.16. The number of fused-ring (bicyclic) bond motifs is 1. The molecule has 1 amide bonds. The fraction of sp³-hybridized carbons (Fsp3) is 0.296. The lowest BCUT2D eigenvalue weighted by Crippen LogP contribution is -2.33. The number of hydrogen-bond donors (Lipinski definition) is 2. The summed E-state index contributed by atoms with van der Waals surface area (Å²) >= 11 is 12.0. The van der Waals surface area contributed by atoms with Gasteiger partial charge in [0.25, 0.3) is 5.91 Å². The minimum absolute atomic E-state index is 0.00863. The zero-order valence-corrected chi connectivity index (χ0v) is 21.1. The number of hydrogen-bond acceptors (Lipinski definition) is 5. The number of carbonyl (C=O) groups is 1. The first-order chi connectivity index (χ1) is 17.5. The maximum absolute atomic E-state index is 13.4. The Balaban J connectivity index is 0.000000170. The van der Waals surface area contributed by atoms with Gasteiger partial charge in [-0.15, -0.1) is 0 Å². The van der Waals surface area contributed by atoms with Crippen LogP contribution in [0.3, 0.4) is 0 Å². The molecule has 0 aliphatic carbocycles. The van der Waals surface area contributed by atoms with Crippen LogP contribution in [0, 0.1) is 11.7 Å². The van der Waals surface area contributed by atoms with Crippen LogP contribution in [0.5, 0.6) is 17.2 Å². The lowest BCUT2D eigenvalue weighted by Gasteiger charge is -2.22. The van der Waals surface area contributed by atoms with Crippen molar-refractivity contribution in [3.8, 4) is 17.2 Å². The van der Waals surface area contributed by atoms with Crippen LogP contribution in [0.2, 0.25) is 10.0 Å². The van der Waals surface area contributed by atoms with Gasteiger partial charge >= 0.3 is 0 Å². The first-order valence-electron chi connectivity index (χ1n) is 11.7. The molecule has 9 heteroatoms. The smallest absolute Gasteiger partial charge is 0.254 e. The Labute approximate surface area is 219 Å². The van der Waals surface area contributed by atoms with Crippen LogP contribution in [0.15, 0.2) is 60.7 Å². The molecule has 0 bridgehead atoms. The van der Waals surface area contributed by atoms with Gasteiger partial charge in [0, 0.05) is 40.7 Å². The molecule has 0 saturated carbocycles. The van der Waals surface area contributed by atoms with E-state index in [-0.39, 0.29) is 12.1 Å². The highest BCUT2D eigenvalue weighted by atomic mass is 35.5. The van der Waals surface area contributed by atoms with Gasteiger partial charge in [-0.1, -0.05) is 41.4 Å². The lowest BCUT2D eigenvalue weighted by atomic mass is 10.0. The average molecular weight is 533 g/mol. The largest absolute Gasteiger partial charge is 0.493 e. The zero-order valence-electron chi connectivity index (χ0n) is 19.6. The first-order valence-corrected chi connectivity index (χ1v) is 12.5. The minimum Gasteiger partial charge on any atom is -0.493 e. The predicted molar refractivity (Wildman–Crippen MR) is 138 cm³/mol. The normalized spacial score (nSPS) is 16.0. The second kappa shape index (κ2) is 12.8. The molecule has 1 saturated heterocycles. The fourth-order valence-electron chi connectivity index (χ4n) is 3.86. The number of piperidine rings is 1. The van der Waals surface area contributed by atoms with Crippen molar-refractivity contribution in [1.82, 2.24) is 10.6 Å². The van der Waals surface area contributed by atoms with Gasteiger partial charge in [0.2, 0.25) is 6.79 Å². The zero-order chi connectivity index (χ0) is 25.3. The van der Waals surface area contributed by atoms with Crippen molar-refractivity contribution >= 4 is 29.1 Å². The summed E-state index contributed by atoms with van der Waals surface area (Å²) in [6.07, 6.45) is 2.49. The molecule has 1 fully saturated rings. The number of benzene rings is 3. The summed E-state index contributed by atoms with van der Waals surface area (Å²) in [4.78, 5) is 11.8. The molecule has 2 aliphatic rings. The van der Waals surface area contributed by atoms with Crippen LogP contribution in [0.1, 0.15) is 28.8 Å². The van der Waals surface area contributed by atoms with E-state index < -0.39 is 11.7 Å². The van der Waals surface area contributed by atoms with Crippen molar-refractivity contribution in [3.05, 3.63) is 87.7 Å². The van der Waals surface area contributed by atoms with Crippen molar-refractivity contribution in [3.63, 3.8) is 0 Å². The molecule has 5 rings (SSSR count). The third-order valence-corrected chi connectivity index (χ3v) is 6.54. The molecular weight excluding hydrogens is 506 g/mol. The highest BCUT2D eigenvalue weighted by Crippen LogP contribution is 2.35. The molecule has 2 aliphatic heterocycles. The summed E-state index contributed by atoms with van der Waals surface area (Å²) in [5.74, 6) is 1.99. The first kappa shape index (κ1) is 26.1. The fourth-order valence-corrected chi connectivity index (χ4v) is 4.39. The SMILES string of the molecule is O=C(NCc1c(Cl)cccc1Cl)c1ccccc1F.c1cc2c(cc1OCC1CCCNC1)OCO2. The van der Waals surface area contributed by atoms with E-state index in [1.54, 1.807) is 24.3 Å². The Morgan fingerprint density at radius 3 is 2.58 bits per heavy atom. The quantitative estimate of drug-likeness (QED) is 0.416. The Morgan fingerprint density at radius 1 is 1.06 bits per heavy atom. The molecule has 0 spiro atoms. The third-order valence-electron chi connectivity index (χ3n) is 5.83. The monoisotopic (exact) mass is 532 g/mol. The molecule has 3 aromatic carbocycles. The van der Waals surface area contributed by atoms with Crippen LogP contribution in [0.25, 0.3) is 0 Å². The predicted octanol–water partition coefficient (Wildman–Crippen LogP) is 5.86. The number of halogens is 3. The Kier molecular flexibility index (Phi) is 9.28. The van der Waals surface area contributed by atoms with Gasteiger partial charge in [-0.3, -0.25) is 4.79 Å². The van der Waals surface area contributed by atoms with Gasteiger partial charge in [-0.05, 0) is 55.8 Å². The van der Waals surface area contributed by atoms with Gasteiger partial charge < -0.3 is 24.8 Å². The van der Waals surface area contributed by atoms with Gasteiger partial charge in [-0.2, -0.15) is 0 Å². The van der Waals surface area contributed by atoms with Crippen LogP contribution in [-0.4, -0.2) is 32.4 Å². The lowest BCUT2D eigenvalue weighted by molar-refractivity contribution is 0.0947. The topological polar surface area (TPSA) is 68.8 Å². The summed E-state index contributed by atoms with van der Waals surface area (Å²) in [7, 11) is 0. The van der Waals surface area contributed by atoms with E-state index in [2.05, 4.69) is 10.6 Å². The number of carbonyl (C=O) groups excluding carboxylic acids is 1. The summed E-state index contributed by atoms with van der Waals surface area (Å²) in [6, 6.07) is 16.6. The molecule has 190 valence electrons. The Bertz CT molecular complexity index is 1170. The van der Waals surface area contributed by atoms with E-state index in [4.69, 9.17) is 37.4 Å². The van der Waals surface area contributed by atoms with E-state index >= 15 is 0 Å². The van der Waals surface area contributed by atoms with Crippen molar-refractivity contribution in [1.29, 1.82) is 0 Å². The summed E-state index contributed by atoms with van der Waals surface area (Å²) < 4.78 is 29.8. The minimum atomic E-state index is -0.565. The van der Waals surface area contributed by atoms with E-state index in [9.17, 15) is 9.18 Å². The maximum atomic E-state index is 13.4. The number of rotatable bonds is 6. The van der Waals surface area contributed by atoms with Gasteiger partial charge in [-0.25, -0.2) is 4.39 Å². The molecule has 1 unspecified atom stereocenters. The molecule has 2 heterocycles. The molecule has 0 aromatic heterocycles. The number of nitrogens with one attached hydrogen (secondary N) is 2. The summed E-state index contributed by atoms with van der Waals surface area (Å²) in [5, 5.41) is 6.90. The van der Waals surface area contributed by atoms with Gasteiger partial charge in [0.05, 0.1) is 12.2 Å². The van der Waals surface area contributed by atoms with Crippen molar-refractivity contribution in [2.24, 2.45) is 5.92 Å². The van der Waals surface area contributed by atoms with Gasteiger partial charge in [0.15, 0.2) is 11.5 Å². The van der Waals surface area contributed by atoms with E-state index in [1.807, 2.05) is 18.2 Å². The Hall–Kier alpha value is -3.00. The van der Waals surface area contributed by atoms with Crippen LogP contribution in [0.4, 0.5) is 4.39 Å². The Morgan fingerprint density at radius 2 is 1.83 bits per heavy atom. The molecule has 6 nitrogen and oxygen atoms in total. The summed E-state index contributed by atoms with van der Waals surface area (Å²) in [6.45, 7) is 3.43. The van der Waals surface area contributed by atoms with Gasteiger partial charge in [0.1, 0.15) is 11.6 Å². The van der Waals surface area contributed by atoms with E-state index in [1.165, 1.54) is 31.0 Å². The molecule has 2 N–H and O–H groups in total. The molecule has 3 aromatic rings. The number of ether oxygens (including phenoxy) is 3. The molecule has 0 radical (unpaired) electrons. The van der Waals surface area contributed by atoms with Crippen LogP contribution >= 0.6 is 23.2 Å². The average Bonchev–Trinajstić information content (AvgIpc) is 3.36. The second-order valence-corrected chi connectivity index (χ2v) is 9.22. The molecule has 1 atom stereocenters. The molecular formula is C27H27Cl2FN2O4. The molecule has 36 heavy (non-hydrogen) atoms. The number of amides is 1. The van der Waals surface area contributed by atoms with Crippen LogP contribution in [-0.2, 0) is 6.54 Å². The van der Waals surface area contributed by atoms with E-state index in [0.717, 1.165) is 36.9 Å². The second-order valence-electron chi connectivity index (χ2n) is 8.40. The van der Waals surface area contributed by atoms with Crippen molar-refractivity contribution in [2.45, 2.75) is 19.4 Å². The third kappa shape index (κ3) is 7.03. The van der Waals surface area contributed by atoms with E-state index in [0.29, 0.717) is 28.3 Å². The van der Waals surface area contributed by atoms with Crippen molar-refractivity contribution < 1.29 is 23.4 Å². The van der Waals surface area contributed by atoms with Crippen LogP contribution < -0.4 is 24.8 Å². The maximum Gasteiger partial charge on any atom is 0.254 e.